The van der Waals surface area contributed by atoms with Crippen LogP contribution in [0.25, 0.3) is 5.00 Å². The molecule has 3 N–H and O–H groups in total. The molecule has 5 rings (SSSR count). The van der Waals surface area contributed by atoms with Crippen molar-refractivity contribution >= 4 is 40.2 Å². The molecule has 0 saturated heterocycles. The van der Waals surface area contributed by atoms with Crippen LogP contribution in [-0.2, 0) is 4.79 Å². The fraction of sp³-hybridized carbons (Fsp3) is 0.200. The summed E-state index contributed by atoms with van der Waals surface area (Å²) in [6.45, 7) is 6.39. The van der Waals surface area contributed by atoms with Gasteiger partial charge >= 0.3 is 0 Å². The van der Waals surface area contributed by atoms with Gasteiger partial charge < -0.3 is 11.1 Å². The smallest absolute Gasteiger partial charge is 0.227 e. The summed E-state index contributed by atoms with van der Waals surface area (Å²) in [5, 5.41) is 13.4. The van der Waals surface area contributed by atoms with Crippen LogP contribution in [0, 0.1) is 44.5 Å². The molecule has 1 amide bonds. The van der Waals surface area contributed by atoms with E-state index in [0.29, 0.717) is 16.5 Å². The molecule has 7 nitrogen and oxygen atoms in total. The number of aliphatic imine (C=N–C) groups is 1. The maximum Gasteiger partial charge on any atom is 0.227 e. The van der Waals surface area contributed by atoms with Crippen LogP contribution in [0.2, 0.25) is 5.02 Å². The van der Waals surface area contributed by atoms with Crippen LogP contribution in [-0.4, -0.2) is 32.9 Å². The van der Waals surface area contributed by atoms with Crippen molar-refractivity contribution in [1.82, 2.24) is 14.8 Å². The molecule has 0 spiro atoms. The number of nitrogens with one attached hydrogen (secondary N) is 1. The zero-order chi connectivity index (χ0) is 27.5. The molecule has 0 bridgehead atoms. The molecule has 0 radical (unpaired) electrons. The zero-order valence-electron chi connectivity index (χ0n) is 21.7. The molecule has 4 aromatic rings. The molecule has 1 aliphatic rings. The Morgan fingerprint density at radius 1 is 1.08 bits per heavy atom. The van der Waals surface area contributed by atoms with Gasteiger partial charge in [-0.2, -0.15) is 0 Å². The van der Waals surface area contributed by atoms with E-state index in [1.54, 1.807) is 11.3 Å². The van der Waals surface area contributed by atoms with Gasteiger partial charge in [0.2, 0.25) is 5.91 Å². The van der Waals surface area contributed by atoms with E-state index < -0.39 is 6.04 Å². The second-order valence-corrected chi connectivity index (χ2v) is 10.6. The van der Waals surface area contributed by atoms with Crippen LogP contribution < -0.4 is 11.1 Å². The van der Waals surface area contributed by atoms with Gasteiger partial charge in [-0.25, -0.2) is 0 Å². The lowest BCUT2D eigenvalue weighted by Crippen LogP contribution is -2.17. The standard InChI is InChI=1S/C30H25ClN6OS/c1-18-19(2)39-30-27(18)28(22-10-12-23(31)13-11-22)34-25(29-36-35-20(3)37(29)30)17-26(38)33-24-14-8-21(9-15-24)7-5-4-6-16-32/h8-15,25H,16-17,32H2,1-3H3,(H,33,38)/t25-/m0/s1. The van der Waals surface area contributed by atoms with Crippen molar-refractivity contribution in [2.24, 2.45) is 10.7 Å². The Morgan fingerprint density at radius 2 is 1.82 bits per heavy atom. The Labute approximate surface area is 236 Å². The number of carbonyl (C=O) groups is 1. The molecule has 2 aromatic heterocycles. The Kier molecular flexibility index (Phi) is 7.63. The molecular weight excluding hydrogens is 528 g/mol. The van der Waals surface area contributed by atoms with Crippen LogP contribution >= 0.6 is 22.9 Å². The Balaban J connectivity index is 1.48. The third-order valence-electron chi connectivity index (χ3n) is 6.36. The van der Waals surface area contributed by atoms with Crippen molar-refractivity contribution in [3.05, 3.63) is 92.3 Å². The van der Waals surface area contributed by atoms with Crippen molar-refractivity contribution in [3.63, 3.8) is 0 Å². The van der Waals surface area contributed by atoms with E-state index >= 15 is 0 Å². The quantitative estimate of drug-likeness (QED) is 0.342. The van der Waals surface area contributed by atoms with Crippen LogP contribution in [0.15, 0.2) is 53.5 Å². The summed E-state index contributed by atoms with van der Waals surface area (Å²) in [7, 11) is 0. The highest BCUT2D eigenvalue weighted by molar-refractivity contribution is 7.15. The summed E-state index contributed by atoms with van der Waals surface area (Å²) in [5.74, 6) is 12.3. The van der Waals surface area contributed by atoms with Crippen LogP contribution in [0.3, 0.4) is 0 Å². The Morgan fingerprint density at radius 3 is 2.54 bits per heavy atom. The lowest BCUT2D eigenvalue weighted by Gasteiger charge is -2.13. The average Bonchev–Trinajstić information content (AvgIpc) is 3.40. The van der Waals surface area contributed by atoms with Crippen molar-refractivity contribution < 1.29 is 4.79 Å². The second-order valence-electron chi connectivity index (χ2n) is 8.99. The summed E-state index contributed by atoms with van der Waals surface area (Å²) in [4.78, 5) is 19.6. The topological polar surface area (TPSA) is 98.2 Å². The number of halogens is 1. The molecule has 3 heterocycles. The first kappa shape index (κ1) is 26.4. The van der Waals surface area contributed by atoms with Gasteiger partial charge in [-0.1, -0.05) is 35.6 Å². The molecule has 0 saturated carbocycles. The lowest BCUT2D eigenvalue weighted by atomic mass is 9.99. The molecule has 9 heteroatoms. The van der Waals surface area contributed by atoms with Crippen molar-refractivity contribution in [2.75, 3.05) is 11.9 Å². The maximum atomic E-state index is 13.2. The summed E-state index contributed by atoms with van der Waals surface area (Å²) in [6.07, 6.45) is 0.0957. The van der Waals surface area contributed by atoms with E-state index in [0.717, 1.165) is 38.8 Å². The largest absolute Gasteiger partial charge is 0.326 e. The molecule has 2 aromatic carbocycles. The first-order chi connectivity index (χ1) is 18.9. The number of thiophene rings is 1. The predicted octanol–water partition coefficient (Wildman–Crippen LogP) is 5.14. The monoisotopic (exact) mass is 552 g/mol. The molecule has 0 aliphatic carbocycles. The van der Waals surface area contributed by atoms with Gasteiger partial charge in [0.1, 0.15) is 16.9 Å². The number of hydrogen-bond acceptors (Lipinski definition) is 6. The minimum absolute atomic E-state index is 0.0957. The number of benzene rings is 2. The minimum atomic E-state index is -0.539. The molecule has 39 heavy (non-hydrogen) atoms. The van der Waals surface area contributed by atoms with E-state index in [-0.39, 0.29) is 18.9 Å². The number of anilines is 1. The molecule has 194 valence electrons. The first-order valence-electron chi connectivity index (χ1n) is 12.3. The van der Waals surface area contributed by atoms with Crippen molar-refractivity contribution in [2.45, 2.75) is 33.2 Å². The van der Waals surface area contributed by atoms with Gasteiger partial charge in [-0.05, 0) is 74.6 Å². The lowest BCUT2D eigenvalue weighted by molar-refractivity contribution is -0.116. The van der Waals surface area contributed by atoms with Crippen LogP contribution in [0.4, 0.5) is 5.69 Å². The van der Waals surface area contributed by atoms with E-state index in [1.165, 1.54) is 4.88 Å². The fourth-order valence-corrected chi connectivity index (χ4v) is 5.70. The van der Waals surface area contributed by atoms with Gasteiger partial charge in [0.25, 0.3) is 0 Å². The predicted molar refractivity (Wildman–Crippen MR) is 157 cm³/mol. The SMILES string of the molecule is Cc1sc2c(c1C)C(c1ccc(Cl)cc1)=N[C@@H](CC(=O)Nc1ccc(C#CC#CCN)cc1)c1nnc(C)n1-2. The fourth-order valence-electron chi connectivity index (χ4n) is 4.36. The summed E-state index contributed by atoms with van der Waals surface area (Å²) >= 11 is 7.86. The third-order valence-corrected chi connectivity index (χ3v) is 7.81. The Bertz CT molecular complexity index is 1710. The highest BCUT2D eigenvalue weighted by Crippen LogP contribution is 2.39. The van der Waals surface area contributed by atoms with E-state index in [9.17, 15) is 4.79 Å². The number of nitrogens with zero attached hydrogens (tertiary/aromatic N) is 4. The molecular formula is C30H25ClN6OS. The highest BCUT2D eigenvalue weighted by atomic mass is 35.5. The number of amides is 1. The third kappa shape index (κ3) is 5.50. The second kappa shape index (κ2) is 11.3. The van der Waals surface area contributed by atoms with Crippen molar-refractivity contribution in [1.29, 1.82) is 0 Å². The van der Waals surface area contributed by atoms with Gasteiger partial charge in [0.05, 0.1) is 18.7 Å². The molecule has 0 fully saturated rings. The highest BCUT2D eigenvalue weighted by Gasteiger charge is 2.32. The van der Waals surface area contributed by atoms with Gasteiger partial charge in [0, 0.05) is 32.3 Å². The first-order valence-corrected chi connectivity index (χ1v) is 13.5. The number of rotatable bonds is 4. The Hall–Kier alpha value is -4.21. The van der Waals surface area contributed by atoms with Gasteiger partial charge in [0.15, 0.2) is 5.82 Å². The molecule has 1 atom stereocenters. The number of aromatic nitrogens is 3. The number of fused-ring (bicyclic) bond motifs is 3. The van der Waals surface area contributed by atoms with Crippen LogP contribution in [0.1, 0.15) is 51.2 Å². The zero-order valence-corrected chi connectivity index (χ0v) is 23.2. The van der Waals surface area contributed by atoms with Crippen molar-refractivity contribution in [3.8, 4) is 28.7 Å². The number of hydrogen-bond donors (Lipinski definition) is 2. The summed E-state index contributed by atoms with van der Waals surface area (Å²) < 4.78 is 2.03. The minimum Gasteiger partial charge on any atom is -0.326 e. The normalized spacial score (nSPS) is 13.6. The summed E-state index contributed by atoms with van der Waals surface area (Å²) in [6, 6.07) is 14.4. The van der Waals surface area contributed by atoms with Crippen LogP contribution in [0.5, 0.6) is 0 Å². The number of carbonyl (C=O) groups excluding carboxylic acids is 1. The van der Waals surface area contributed by atoms with E-state index in [4.69, 9.17) is 22.3 Å². The van der Waals surface area contributed by atoms with Gasteiger partial charge in [-0.15, -0.1) is 21.5 Å². The maximum absolute atomic E-state index is 13.2. The molecule has 0 unspecified atom stereocenters. The molecule has 1 aliphatic heterocycles. The van der Waals surface area contributed by atoms with Gasteiger partial charge in [-0.3, -0.25) is 14.4 Å². The van der Waals surface area contributed by atoms with E-state index in [2.05, 4.69) is 53.0 Å². The number of aryl methyl sites for hydroxylation is 2. The number of nitrogens with two attached hydrogens (primary N) is 1. The average molecular weight is 553 g/mol. The summed E-state index contributed by atoms with van der Waals surface area (Å²) in [5.41, 5.74) is 10.7. The van der Waals surface area contributed by atoms with E-state index in [1.807, 2.05) is 60.0 Å².